The SMILES string of the molecule is Cc1nc(-c2cc(OC(C)[C@H]3CNC(=O)C3)c3c(c2)ncn3C2CC2)cs1. The summed E-state index contributed by atoms with van der Waals surface area (Å²) in [7, 11) is 0. The summed E-state index contributed by atoms with van der Waals surface area (Å²) in [5.74, 6) is 1.13. The van der Waals surface area contributed by atoms with Crippen LogP contribution in [-0.4, -0.2) is 33.1 Å². The maximum atomic E-state index is 11.6. The van der Waals surface area contributed by atoms with Crippen LogP contribution < -0.4 is 10.1 Å². The highest BCUT2D eigenvalue weighted by Gasteiger charge is 2.30. The van der Waals surface area contributed by atoms with E-state index in [1.165, 1.54) is 12.8 Å². The zero-order valence-corrected chi connectivity index (χ0v) is 16.3. The molecule has 1 N–H and O–H groups in total. The van der Waals surface area contributed by atoms with E-state index in [4.69, 9.17) is 4.74 Å². The quantitative estimate of drug-likeness (QED) is 0.730. The number of nitrogens with one attached hydrogen (secondary N) is 1. The third-order valence-corrected chi connectivity index (χ3v) is 6.25. The molecule has 1 saturated heterocycles. The van der Waals surface area contributed by atoms with Gasteiger partial charge in [0.25, 0.3) is 0 Å². The third-order valence-electron chi connectivity index (χ3n) is 5.48. The van der Waals surface area contributed by atoms with E-state index in [1.54, 1.807) is 11.3 Å². The zero-order chi connectivity index (χ0) is 18.5. The van der Waals surface area contributed by atoms with Gasteiger partial charge in [0.15, 0.2) is 0 Å². The van der Waals surface area contributed by atoms with Crippen LogP contribution in [0.5, 0.6) is 5.75 Å². The Morgan fingerprint density at radius 3 is 2.89 bits per heavy atom. The molecule has 1 aliphatic carbocycles. The summed E-state index contributed by atoms with van der Waals surface area (Å²) in [6, 6.07) is 4.70. The lowest BCUT2D eigenvalue weighted by Crippen LogP contribution is -2.25. The number of aryl methyl sites for hydroxylation is 1. The van der Waals surface area contributed by atoms with Crippen molar-refractivity contribution in [2.75, 3.05) is 6.54 Å². The number of benzene rings is 1. The summed E-state index contributed by atoms with van der Waals surface area (Å²) in [6.45, 7) is 4.74. The number of hydrogen-bond donors (Lipinski definition) is 1. The highest BCUT2D eigenvalue weighted by molar-refractivity contribution is 7.09. The van der Waals surface area contributed by atoms with Crippen LogP contribution in [0.2, 0.25) is 0 Å². The van der Waals surface area contributed by atoms with Crippen LogP contribution in [0.3, 0.4) is 0 Å². The van der Waals surface area contributed by atoms with Gasteiger partial charge in [-0.15, -0.1) is 11.3 Å². The molecular formula is C20H22N4O2S. The smallest absolute Gasteiger partial charge is 0.220 e. The Bertz CT molecular complexity index is 1020. The summed E-state index contributed by atoms with van der Waals surface area (Å²) in [6.07, 6.45) is 4.78. The van der Waals surface area contributed by atoms with Crippen LogP contribution in [-0.2, 0) is 4.79 Å². The molecule has 2 aromatic heterocycles. The van der Waals surface area contributed by atoms with Crippen LogP contribution >= 0.6 is 11.3 Å². The van der Waals surface area contributed by atoms with Crippen molar-refractivity contribution in [1.82, 2.24) is 19.9 Å². The van der Waals surface area contributed by atoms with Crippen molar-refractivity contribution < 1.29 is 9.53 Å². The molecule has 7 heteroatoms. The van der Waals surface area contributed by atoms with Gasteiger partial charge in [0.2, 0.25) is 5.91 Å². The minimum Gasteiger partial charge on any atom is -0.488 e. The van der Waals surface area contributed by atoms with E-state index in [2.05, 4.69) is 37.4 Å². The van der Waals surface area contributed by atoms with Gasteiger partial charge < -0.3 is 14.6 Å². The minimum absolute atomic E-state index is 0.0536. The Balaban J connectivity index is 1.56. The number of aromatic nitrogens is 3. The Labute approximate surface area is 161 Å². The molecule has 0 spiro atoms. The summed E-state index contributed by atoms with van der Waals surface area (Å²) >= 11 is 1.64. The number of imidazole rings is 1. The van der Waals surface area contributed by atoms with E-state index in [-0.39, 0.29) is 17.9 Å². The van der Waals surface area contributed by atoms with E-state index in [0.717, 1.165) is 33.0 Å². The number of carbonyl (C=O) groups excluding carboxylic acids is 1. The summed E-state index contributed by atoms with van der Waals surface area (Å²) in [5, 5.41) is 6.02. The number of carbonyl (C=O) groups is 1. The Morgan fingerprint density at radius 1 is 1.37 bits per heavy atom. The largest absolute Gasteiger partial charge is 0.488 e. The van der Waals surface area contributed by atoms with Crippen molar-refractivity contribution in [3.63, 3.8) is 0 Å². The lowest BCUT2D eigenvalue weighted by Gasteiger charge is -2.21. The molecule has 140 valence electrons. The molecule has 6 nitrogen and oxygen atoms in total. The lowest BCUT2D eigenvalue weighted by atomic mass is 10.0. The first-order chi connectivity index (χ1) is 13.1. The van der Waals surface area contributed by atoms with Gasteiger partial charge in [0.05, 0.1) is 22.5 Å². The molecule has 3 heterocycles. The van der Waals surface area contributed by atoms with Gasteiger partial charge in [-0.3, -0.25) is 4.79 Å². The summed E-state index contributed by atoms with van der Waals surface area (Å²) in [4.78, 5) is 20.9. The number of amides is 1. The minimum atomic E-state index is -0.0536. The molecule has 2 atom stereocenters. The normalized spacial score (nSPS) is 20.8. The number of rotatable bonds is 5. The molecule has 1 aliphatic heterocycles. The maximum absolute atomic E-state index is 11.6. The predicted octanol–water partition coefficient (Wildman–Crippen LogP) is 3.71. The summed E-state index contributed by atoms with van der Waals surface area (Å²) in [5.41, 5.74) is 3.97. The van der Waals surface area contributed by atoms with Crippen molar-refractivity contribution in [1.29, 1.82) is 0 Å². The second-order valence-corrected chi connectivity index (χ2v) is 8.63. The van der Waals surface area contributed by atoms with Crippen LogP contribution in [0.4, 0.5) is 0 Å². The molecule has 1 unspecified atom stereocenters. The number of nitrogens with zero attached hydrogens (tertiary/aromatic N) is 3. The molecule has 0 bridgehead atoms. The molecule has 1 amide bonds. The van der Waals surface area contributed by atoms with Gasteiger partial charge in [0.1, 0.15) is 17.4 Å². The average Bonchev–Trinajstić information content (AvgIpc) is 3.04. The molecular weight excluding hydrogens is 360 g/mol. The van der Waals surface area contributed by atoms with E-state index in [0.29, 0.717) is 19.0 Å². The monoisotopic (exact) mass is 382 g/mol. The molecule has 1 aromatic carbocycles. The van der Waals surface area contributed by atoms with Crippen LogP contribution in [0.25, 0.3) is 22.3 Å². The van der Waals surface area contributed by atoms with Crippen molar-refractivity contribution in [2.45, 2.75) is 45.3 Å². The van der Waals surface area contributed by atoms with Crippen molar-refractivity contribution in [2.24, 2.45) is 5.92 Å². The van der Waals surface area contributed by atoms with Crippen LogP contribution in [0.15, 0.2) is 23.8 Å². The van der Waals surface area contributed by atoms with Gasteiger partial charge in [-0.25, -0.2) is 9.97 Å². The van der Waals surface area contributed by atoms with Gasteiger partial charge in [0, 0.05) is 35.9 Å². The number of ether oxygens (including phenoxy) is 1. The van der Waals surface area contributed by atoms with Crippen molar-refractivity contribution in [3.8, 4) is 17.0 Å². The first-order valence-electron chi connectivity index (χ1n) is 9.45. The highest BCUT2D eigenvalue weighted by atomic mass is 32.1. The van der Waals surface area contributed by atoms with Gasteiger partial charge in [-0.2, -0.15) is 0 Å². The van der Waals surface area contributed by atoms with E-state index < -0.39 is 0 Å². The van der Waals surface area contributed by atoms with Gasteiger partial charge in [-0.1, -0.05) is 0 Å². The molecule has 5 rings (SSSR count). The fourth-order valence-electron chi connectivity index (χ4n) is 3.75. The third kappa shape index (κ3) is 3.10. The molecule has 3 aromatic rings. The molecule has 27 heavy (non-hydrogen) atoms. The predicted molar refractivity (Wildman–Crippen MR) is 105 cm³/mol. The Hall–Kier alpha value is -2.41. The lowest BCUT2D eigenvalue weighted by molar-refractivity contribution is -0.119. The number of hydrogen-bond acceptors (Lipinski definition) is 5. The van der Waals surface area contributed by atoms with Gasteiger partial charge in [-0.05, 0) is 38.8 Å². The Kier molecular flexibility index (Phi) is 3.93. The van der Waals surface area contributed by atoms with E-state index >= 15 is 0 Å². The van der Waals surface area contributed by atoms with E-state index in [9.17, 15) is 4.79 Å². The first-order valence-corrected chi connectivity index (χ1v) is 10.3. The number of thiazole rings is 1. The first kappa shape index (κ1) is 16.7. The topological polar surface area (TPSA) is 69.0 Å². The second-order valence-electron chi connectivity index (χ2n) is 7.57. The second kappa shape index (κ2) is 6.34. The molecule has 2 aliphatic rings. The summed E-state index contributed by atoms with van der Waals surface area (Å²) < 4.78 is 8.67. The Morgan fingerprint density at radius 2 is 2.22 bits per heavy atom. The van der Waals surface area contributed by atoms with Crippen LogP contribution in [0.1, 0.15) is 37.2 Å². The maximum Gasteiger partial charge on any atom is 0.220 e. The fourth-order valence-corrected chi connectivity index (χ4v) is 4.37. The van der Waals surface area contributed by atoms with Crippen LogP contribution in [0, 0.1) is 12.8 Å². The number of fused-ring (bicyclic) bond motifs is 1. The molecule has 0 radical (unpaired) electrons. The van der Waals surface area contributed by atoms with Gasteiger partial charge >= 0.3 is 0 Å². The average molecular weight is 382 g/mol. The zero-order valence-electron chi connectivity index (χ0n) is 15.4. The fraction of sp³-hybridized carbons (Fsp3) is 0.450. The molecule has 2 fully saturated rings. The highest BCUT2D eigenvalue weighted by Crippen LogP contribution is 2.41. The standard InChI is InChI=1S/C20H22N4O2S/c1-11(14-7-19(25)21-8-14)26-18-6-13(17-9-27-12(2)23-17)5-16-20(18)24(10-22-16)15-3-4-15/h5-6,9-11,14-15H,3-4,7-8H2,1-2H3,(H,21,25)/t11?,14-/m1/s1. The van der Waals surface area contributed by atoms with E-state index in [1.807, 2.05) is 20.2 Å². The van der Waals surface area contributed by atoms with Crippen molar-refractivity contribution >= 4 is 28.3 Å². The molecule has 1 saturated carbocycles. The van der Waals surface area contributed by atoms with Crippen molar-refractivity contribution in [3.05, 3.63) is 28.8 Å².